The van der Waals surface area contributed by atoms with Crippen LogP contribution in [0.15, 0.2) is 41.6 Å². The fourth-order valence-electron chi connectivity index (χ4n) is 6.16. The SMILES string of the molecule is COc1c(NC2=NC=CC(Cl)(N[C@H]3[C@@H](C(N)=O)[C@@H]4C=C[C@H]3C4)N2)ccc2c1CCC(NCCO)CC2. The van der Waals surface area contributed by atoms with Crippen molar-refractivity contribution >= 4 is 29.2 Å². The number of ether oxygens (including phenoxy) is 1. The van der Waals surface area contributed by atoms with E-state index >= 15 is 0 Å². The Morgan fingerprint density at radius 3 is 2.89 bits per heavy atom. The number of benzene rings is 1. The summed E-state index contributed by atoms with van der Waals surface area (Å²) in [5, 5.41) is 21.5. The fourth-order valence-corrected chi connectivity index (χ4v) is 6.43. The minimum atomic E-state index is -1.12. The average Bonchev–Trinajstić information content (AvgIpc) is 3.39. The van der Waals surface area contributed by atoms with E-state index in [0.717, 1.165) is 43.5 Å². The molecular formula is C26H35ClN6O3. The predicted octanol–water partition coefficient (Wildman–Crippen LogP) is 1.57. The monoisotopic (exact) mass is 514 g/mol. The van der Waals surface area contributed by atoms with Crippen LogP contribution < -0.4 is 31.7 Å². The van der Waals surface area contributed by atoms with E-state index in [9.17, 15) is 4.79 Å². The highest BCUT2D eigenvalue weighted by Gasteiger charge is 2.49. The van der Waals surface area contributed by atoms with Gasteiger partial charge in [0, 0.05) is 24.8 Å². The molecule has 6 atom stereocenters. The molecule has 36 heavy (non-hydrogen) atoms. The van der Waals surface area contributed by atoms with Gasteiger partial charge in [0.1, 0.15) is 5.75 Å². The summed E-state index contributed by atoms with van der Waals surface area (Å²) in [6.45, 7) is 0.750. The van der Waals surface area contributed by atoms with Crippen LogP contribution >= 0.6 is 11.6 Å². The van der Waals surface area contributed by atoms with Gasteiger partial charge in [-0.1, -0.05) is 29.8 Å². The Bertz CT molecular complexity index is 1090. The zero-order valence-electron chi connectivity index (χ0n) is 20.5. The third-order valence-corrected chi connectivity index (χ3v) is 8.17. The Labute approximate surface area is 216 Å². The van der Waals surface area contributed by atoms with Gasteiger partial charge in [-0.25, -0.2) is 4.99 Å². The number of rotatable bonds is 8. The number of hydrogen-bond acceptors (Lipinski definition) is 8. The molecule has 10 heteroatoms. The maximum Gasteiger partial charge on any atom is 0.222 e. The molecule has 5 rings (SSSR count). The number of nitrogens with zero attached hydrogens (tertiary/aromatic N) is 1. The molecule has 3 aliphatic carbocycles. The summed E-state index contributed by atoms with van der Waals surface area (Å²) in [4.78, 5) is 16.6. The van der Waals surface area contributed by atoms with E-state index in [1.165, 1.54) is 11.1 Å². The van der Waals surface area contributed by atoms with E-state index in [-0.39, 0.29) is 36.3 Å². The number of anilines is 1. The van der Waals surface area contributed by atoms with E-state index in [4.69, 9.17) is 27.2 Å². The van der Waals surface area contributed by atoms with Crippen molar-refractivity contribution in [3.05, 3.63) is 47.7 Å². The second-order valence-electron chi connectivity index (χ2n) is 10.0. The van der Waals surface area contributed by atoms with Crippen LogP contribution in [0.3, 0.4) is 0 Å². The molecule has 1 aliphatic heterocycles. The van der Waals surface area contributed by atoms with Gasteiger partial charge in [0.05, 0.1) is 25.3 Å². The van der Waals surface area contributed by atoms with Gasteiger partial charge in [-0.2, -0.15) is 0 Å². The second-order valence-corrected chi connectivity index (χ2v) is 10.6. The number of amides is 1. The van der Waals surface area contributed by atoms with Gasteiger partial charge in [-0.3, -0.25) is 10.1 Å². The quantitative estimate of drug-likeness (QED) is 0.134. The normalized spacial score (nSPS) is 32.4. The Morgan fingerprint density at radius 2 is 2.11 bits per heavy atom. The maximum absolute atomic E-state index is 12.1. The van der Waals surface area contributed by atoms with Gasteiger partial charge in [-0.05, 0) is 67.2 Å². The lowest BCUT2D eigenvalue weighted by molar-refractivity contribution is -0.123. The molecule has 0 spiro atoms. The summed E-state index contributed by atoms with van der Waals surface area (Å²) in [7, 11) is 1.68. The summed E-state index contributed by atoms with van der Waals surface area (Å²) in [5.74, 6) is 1.06. The number of carbonyl (C=O) groups is 1. The standard InChI is InChI=1S/C26H35ClN6O3/c1-36-23-19-8-7-18(29-12-13-34)6-4-15(19)5-9-20(23)31-25-30-11-10-26(27,33-25)32-22-17-3-2-16(14-17)21(22)24(28)35/h2-3,5,9-11,16-18,21-22,29,32,34H,4,6-8,12-14H2,1H3,(H2,28,35)(H2,30,31,33)/t16-,17+,18?,21+,22-,26?/m1/s1. The average molecular weight is 515 g/mol. The molecule has 0 aromatic heterocycles. The first kappa shape index (κ1) is 25.1. The van der Waals surface area contributed by atoms with Gasteiger partial charge >= 0.3 is 0 Å². The van der Waals surface area contributed by atoms with Crippen LogP contribution in [0.5, 0.6) is 5.75 Å². The molecule has 0 radical (unpaired) electrons. The van der Waals surface area contributed by atoms with Crippen LogP contribution in [0.4, 0.5) is 5.69 Å². The number of alkyl halides is 1. The number of methoxy groups -OCH3 is 1. The van der Waals surface area contributed by atoms with Gasteiger partial charge in [0.2, 0.25) is 11.9 Å². The second kappa shape index (κ2) is 10.4. The number of halogens is 1. The van der Waals surface area contributed by atoms with Crippen molar-refractivity contribution in [3.8, 4) is 5.75 Å². The molecule has 1 aromatic carbocycles. The molecule has 1 heterocycles. The Hall–Kier alpha value is -2.59. The number of carbonyl (C=O) groups excluding carboxylic acids is 1. The number of aliphatic hydroxyl groups excluding tert-OH is 1. The Kier molecular flexibility index (Phi) is 7.25. The van der Waals surface area contributed by atoms with Gasteiger partial charge in [0.15, 0.2) is 5.12 Å². The number of aliphatic imine (C=N–C) groups is 1. The molecule has 1 fully saturated rings. The molecule has 194 valence electrons. The summed E-state index contributed by atoms with van der Waals surface area (Å²) in [6.07, 6.45) is 12.4. The van der Waals surface area contributed by atoms with Crippen molar-refractivity contribution in [3.63, 3.8) is 0 Å². The first-order chi connectivity index (χ1) is 17.4. The van der Waals surface area contributed by atoms with Crippen LogP contribution in [-0.4, -0.2) is 54.4 Å². The van der Waals surface area contributed by atoms with Crippen LogP contribution in [0.1, 0.15) is 30.4 Å². The number of aliphatic hydroxyl groups is 1. The predicted molar refractivity (Wildman–Crippen MR) is 141 cm³/mol. The molecule has 0 saturated heterocycles. The topological polar surface area (TPSA) is 133 Å². The zero-order chi connectivity index (χ0) is 25.3. The van der Waals surface area contributed by atoms with E-state index in [1.54, 1.807) is 19.4 Å². The van der Waals surface area contributed by atoms with Crippen LogP contribution in [0, 0.1) is 17.8 Å². The van der Waals surface area contributed by atoms with Crippen LogP contribution in [-0.2, 0) is 17.6 Å². The van der Waals surface area contributed by atoms with E-state index in [0.29, 0.717) is 18.5 Å². The number of guanidine groups is 1. The minimum Gasteiger partial charge on any atom is -0.494 e. The maximum atomic E-state index is 12.1. The number of nitrogens with one attached hydrogen (secondary N) is 4. The summed E-state index contributed by atoms with van der Waals surface area (Å²) in [5.41, 5.74) is 8.99. The molecule has 4 aliphatic rings. The molecule has 9 nitrogen and oxygen atoms in total. The van der Waals surface area contributed by atoms with Crippen molar-refractivity contribution in [2.75, 3.05) is 25.6 Å². The Balaban J connectivity index is 1.29. The number of fused-ring (bicyclic) bond motifs is 3. The minimum absolute atomic E-state index is 0.142. The third kappa shape index (κ3) is 4.98. The Morgan fingerprint density at radius 1 is 1.31 bits per heavy atom. The first-order valence-corrected chi connectivity index (χ1v) is 13.1. The van der Waals surface area contributed by atoms with Crippen molar-refractivity contribution in [1.82, 2.24) is 16.0 Å². The van der Waals surface area contributed by atoms with Crippen LogP contribution in [0.25, 0.3) is 0 Å². The van der Waals surface area contributed by atoms with E-state index in [2.05, 4.69) is 44.5 Å². The molecule has 1 aromatic rings. The zero-order valence-corrected chi connectivity index (χ0v) is 21.2. The first-order valence-electron chi connectivity index (χ1n) is 12.7. The molecule has 2 unspecified atom stereocenters. The lowest BCUT2D eigenvalue weighted by Crippen LogP contribution is -2.62. The number of hydrogen-bond donors (Lipinski definition) is 6. The van der Waals surface area contributed by atoms with Gasteiger partial charge in [-0.15, -0.1) is 0 Å². The lowest BCUT2D eigenvalue weighted by Gasteiger charge is -2.37. The van der Waals surface area contributed by atoms with Gasteiger partial charge in [0.25, 0.3) is 0 Å². The molecule has 1 amide bonds. The molecule has 2 bridgehead atoms. The fraction of sp³-hybridized carbons (Fsp3) is 0.538. The molecular weight excluding hydrogens is 480 g/mol. The van der Waals surface area contributed by atoms with Crippen molar-refractivity contribution in [2.45, 2.75) is 49.3 Å². The third-order valence-electron chi connectivity index (χ3n) is 7.84. The molecule has 7 N–H and O–H groups in total. The summed E-state index contributed by atoms with van der Waals surface area (Å²) < 4.78 is 5.86. The number of primary amides is 1. The molecule has 1 saturated carbocycles. The highest BCUT2D eigenvalue weighted by molar-refractivity contribution is 6.26. The number of aryl methyl sites for hydroxylation is 1. The highest BCUT2D eigenvalue weighted by atomic mass is 35.5. The summed E-state index contributed by atoms with van der Waals surface area (Å²) in [6, 6.07) is 4.36. The van der Waals surface area contributed by atoms with Crippen LogP contribution in [0.2, 0.25) is 0 Å². The van der Waals surface area contributed by atoms with Crippen molar-refractivity contribution < 1.29 is 14.6 Å². The smallest absolute Gasteiger partial charge is 0.222 e. The highest BCUT2D eigenvalue weighted by Crippen LogP contribution is 2.44. The number of allylic oxidation sites excluding steroid dienone is 1. The lowest BCUT2D eigenvalue weighted by atomic mass is 9.88. The number of nitrogens with two attached hydrogens (primary N) is 1. The van der Waals surface area contributed by atoms with E-state index in [1.807, 2.05) is 6.07 Å². The largest absolute Gasteiger partial charge is 0.494 e. The van der Waals surface area contributed by atoms with Gasteiger partial charge < -0.3 is 31.5 Å². The summed E-state index contributed by atoms with van der Waals surface area (Å²) >= 11 is 6.93. The van der Waals surface area contributed by atoms with E-state index < -0.39 is 5.12 Å². The van der Waals surface area contributed by atoms with Crippen molar-refractivity contribution in [1.29, 1.82) is 0 Å². The van der Waals surface area contributed by atoms with Crippen molar-refractivity contribution in [2.24, 2.45) is 28.5 Å².